The quantitative estimate of drug-likeness (QED) is 0.654. The fraction of sp³-hybridized carbons (Fsp3) is 0.364. The summed E-state index contributed by atoms with van der Waals surface area (Å²) in [5, 5.41) is 22.0. The van der Waals surface area contributed by atoms with Gasteiger partial charge in [0.2, 0.25) is 0 Å². The largest absolute Gasteiger partial charge is 0.286 e. The molecule has 1 aromatic heterocycles. The highest BCUT2D eigenvalue weighted by Gasteiger charge is 2.31. The molecule has 3 rings (SSSR count). The van der Waals surface area contributed by atoms with Gasteiger partial charge in [0, 0.05) is 6.54 Å². The molecule has 0 saturated carbocycles. The zero-order chi connectivity index (χ0) is 20.1. The fourth-order valence-electron chi connectivity index (χ4n) is 3.35. The van der Waals surface area contributed by atoms with Crippen molar-refractivity contribution in [2.45, 2.75) is 45.8 Å². The first-order chi connectivity index (χ1) is 13.4. The van der Waals surface area contributed by atoms with Gasteiger partial charge >= 0.3 is 0 Å². The van der Waals surface area contributed by atoms with Crippen molar-refractivity contribution < 1.29 is 0 Å². The van der Waals surface area contributed by atoms with E-state index >= 15 is 0 Å². The van der Waals surface area contributed by atoms with Crippen molar-refractivity contribution in [3.8, 4) is 6.07 Å². The minimum Gasteiger partial charge on any atom is -0.286 e. The number of nitriles is 1. The van der Waals surface area contributed by atoms with Crippen LogP contribution in [0.5, 0.6) is 0 Å². The van der Waals surface area contributed by atoms with Crippen LogP contribution in [0.1, 0.15) is 56.3 Å². The van der Waals surface area contributed by atoms with E-state index in [0.717, 1.165) is 24.5 Å². The Balaban J connectivity index is 2.11. The highest BCUT2D eigenvalue weighted by molar-refractivity contribution is 5.36. The number of hydrogen-bond acceptors (Lipinski definition) is 5. The Morgan fingerprint density at radius 2 is 1.86 bits per heavy atom. The van der Waals surface area contributed by atoms with Crippen molar-refractivity contribution in [2.24, 2.45) is 0 Å². The molecule has 1 heterocycles. The van der Waals surface area contributed by atoms with Crippen LogP contribution in [0.15, 0.2) is 54.6 Å². The van der Waals surface area contributed by atoms with Gasteiger partial charge in [0.25, 0.3) is 0 Å². The lowest BCUT2D eigenvalue weighted by atomic mass is 10.00. The van der Waals surface area contributed by atoms with Crippen molar-refractivity contribution in [1.29, 1.82) is 5.26 Å². The lowest BCUT2D eigenvalue weighted by Crippen LogP contribution is -2.35. The van der Waals surface area contributed by atoms with E-state index in [1.165, 1.54) is 5.56 Å². The molecular formula is C22H26N6. The molecule has 144 valence electrons. The first-order valence-electron chi connectivity index (χ1n) is 9.51. The van der Waals surface area contributed by atoms with E-state index in [0.29, 0.717) is 5.56 Å². The number of nitrogens with zero attached hydrogens (tertiary/aromatic N) is 6. The van der Waals surface area contributed by atoms with Gasteiger partial charge in [-0.2, -0.15) is 5.26 Å². The molecule has 2 aromatic carbocycles. The van der Waals surface area contributed by atoms with Gasteiger partial charge in [-0.15, -0.1) is 5.10 Å². The Kier molecular flexibility index (Phi) is 5.86. The van der Waals surface area contributed by atoms with Crippen LogP contribution in [0.3, 0.4) is 0 Å². The van der Waals surface area contributed by atoms with Crippen LogP contribution in [-0.4, -0.2) is 31.7 Å². The van der Waals surface area contributed by atoms with Gasteiger partial charge in [-0.1, -0.05) is 49.4 Å². The Bertz CT molecular complexity index is 949. The monoisotopic (exact) mass is 374 g/mol. The summed E-state index contributed by atoms with van der Waals surface area (Å²) in [5.41, 5.74) is 2.61. The predicted octanol–water partition coefficient (Wildman–Crippen LogP) is 3.91. The van der Waals surface area contributed by atoms with Gasteiger partial charge in [-0.05, 0) is 61.0 Å². The zero-order valence-corrected chi connectivity index (χ0v) is 16.9. The van der Waals surface area contributed by atoms with Gasteiger partial charge < -0.3 is 0 Å². The minimum atomic E-state index is -0.254. The zero-order valence-electron chi connectivity index (χ0n) is 16.9. The maximum Gasteiger partial charge on any atom is 0.173 e. The summed E-state index contributed by atoms with van der Waals surface area (Å²) in [6.07, 6.45) is 0. The van der Waals surface area contributed by atoms with E-state index in [4.69, 9.17) is 0 Å². The Morgan fingerprint density at radius 3 is 2.50 bits per heavy atom. The third-order valence-corrected chi connectivity index (χ3v) is 4.70. The molecule has 0 bridgehead atoms. The number of rotatable bonds is 6. The van der Waals surface area contributed by atoms with Gasteiger partial charge in [0.15, 0.2) is 5.82 Å². The van der Waals surface area contributed by atoms with Crippen LogP contribution in [0.4, 0.5) is 0 Å². The summed E-state index contributed by atoms with van der Waals surface area (Å²) in [6, 6.07) is 20.2. The van der Waals surface area contributed by atoms with Gasteiger partial charge in [-0.25, -0.2) is 4.68 Å². The summed E-state index contributed by atoms with van der Waals surface area (Å²) in [7, 11) is 0. The highest BCUT2D eigenvalue weighted by Crippen LogP contribution is 2.31. The molecule has 0 radical (unpaired) electrons. The minimum absolute atomic E-state index is 0.160. The van der Waals surface area contributed by atoms with Crippen molar-refractivity contribution in [1.82, 2.24) is 25.1 Å². The summed E-state index contributed by atoms with van der Waals surface area (Å²) in [5.74, 6) is 0.778. The Labute approximate surface area is 166 Å². The Morgan fingerprint density at radius 1 is 1.11 bits per heavy atom. The average molecular weight is 374 g/mol. The van der Waals surface area contributed by atoms with Crippen molar-refractivity contribution in [3.63, 3.8) is 0 Å². The molecule has 6 heteroatoms. The average Bonchev–Trinajstić information content (AvgIpc) is 3.18. The predicted molar refractivity (Wildman–Crippen MR) is 108 cm³/mol. The van der Waals surface area contributed by atoms with Gasteiger partial charge in [-0.3, -0.25) is 4.90 Å². The molecule has 0 spiro atoms. The first kappa shape index (κ1) is 19.7. The summed E-state index contributed by atoms with van der Waals surface area (Å²) >= 11 is 0. The molecule has 28 heavy (non-hydrogen) atoms. The third kappa shape index (κ3) is 4.26. The first-order valence-corrected chi connectivity index (χ1v) is 9.51. The second kappa shape index (κ2) is 8.32. The third-order valence-electron chi connectivity index (χ3n) is 4.70. The topological polar surface area (TPSA) is 70.6 Å². The van der Waals surface area contributed by atoms with Crippen LogP contribution >= 0.6 is 0 Å². The highest BCUT2D eigenvalue weighted by atomic mass is 15.6. The number of benzene rings is 2. The second-order valence-electron chi connectivity index (χ2n) is 7.81. The number of hydrogen-bond donors (Lipinski definition) is 0. The lowest BCUT2D eigenvalue weighted by Gasteiger charge is -2.32. The molecule has 1 atom stereocenters. The van der Waals surface area contributed by atoms with Crippen LogP contribution in [0, 0.1) is 11.3 Å². The van der Waals surface area contributed by atoms with Crippen LogP contribution in [0.2, 0.25) is 0 Å². The molecule has 0 aliphatic heterocycles. The summed E-state index contributed by atoms with van der Waals surface area (Å²) in [6.45, 7) is 9.97. The normalized spacial score (nSPS) is 12.7. The van der Waals surface area contributed by atoms with E-state index in [1.54, 1.807) is 0 Å². The van der Waals surface area contributed by atoms with E-state index in [1.807, 2.05) is 47.1 Å². The van der Waals surface area contributed by atoms with E-state index in [2.05, 4.69) is 66.3 Å². The lowest BCUT2D eigenvalue weighted by molar-refractivity contribution is 0.203. The van der Waals surface area contributed by atoms with Crippen molar-refractivity contribution in [3.05, 3.63) is 77.1 Å². The van der Waals surface area contributed by atoms with Gasteiger partial charge in [0.1, 0.15) is 0 Å². The van der Waals surface area contributed by atoms with E-state index in [9.17, 15) is 5.26 Å². The molecule has 6 nitrogen and oxygen atoms in total. The van der Waals surface area contributed by atoms with Gasteiger partial charge in [0.05, 0.1) is 23.2 Å². The standard InChI is InChI=1S/C22H26N6/c1-5-27(16-17-10-7-6-8-11-17)20(19-13-9-12-18(14-19)15-23)21-24-25-26-28(21)22(2,3)4/h6-14,20H,5,16H2,1-4H3/t20-/m0/s1. The molecule has 0 aliphatic rings. The maximum atomic E-state index is 9.38. The Hall–Kier alpha value is -3.04. The fourth-order valence-corrected chi connectivity index (χ4v) is 3.35. The van der Waals surface area contributed by atoms with Crippen molar-refractivity contribution >= 4 is 0 Å². The number of tetrazole rings is 1. The van der Waals surface area contributed by atoms with Crippen LogP contribution < -0.4 is 0 Å². The summed E-state index contributed by atoms with van der Waals surface area (Å²) in [4.78, 5) is 2.33. The van der Waals surface area contributed by atoms with E-state index in [-0.39, 0.29) is 11.6 Å². The molecule has 0 amide bonds. The van der Waals surface area contributed by atoms with Crippen LogP contribution in [-0.2, 0) is 12.1 Å². The molecule has 0 fully saturated rings. The molecule has 0 aliphatic carbocycles. The molecule has 0 N–H and O–H groups in total. The summed E-state index contributed by atoms with van der Waals surface area (Å²) < 4.78 is 1.88. The SMILES string of the molecule is CCN(Cc1ccccc1)[C@@H](c1cccc(C#N)c1)c1nnnn1C(C)(C)C. The molecular weight excluding hydrogens is 348 g/mol. The smallest absolute Gasteiger partial charge is 0.173 e. The molecule has 3 aromatic rings. The molecule has 0 unspecified atom stereocenters. The molecule has 0 saturated heterocycles. The van der Waals surface area contributed by atoms with Crippen LogP contribution in [0.25, 0.3) is 0 Å². The van der Waals surface area contributed by atoms with E-state index < -0.39 is 0 Å². The second-order valence-corrected chi connectivity index (χ2v) is 7.81. The van der Waals surface area contributed by atoms with Crippen molar-refractivity contribution in [2.75, 3.05) is 6.54 Å². The number of aromatic nitrogens is 4. The maximum absolute atomic E-state index is 9.38.